The molecule has 4 N–H and O–H groups in total. The normalized spacial score (nSPS) is 10.4. The summed E-state index contributed by atoms with van der Waals surface area (Å²) in [5, 5.41) is 10.4. The zero-order valence-electron chi connectivity index (χ0n) is 15.3. The Labute approximate surface area is 159 Å². The van der Waals surface area contributed by atoms with Gasteiger partial charge >= 0.3 is 5.63 Å². The number of nitrogen functional groups attached to an aromatic ring is 1. The van der Waals surface area contributed by atoms with Crippen molar-refractivity contribution in [3.8, 4) is 11.5 Å². The first-order chi connectivity index (χ1) is 13.4. The van der Waals surface area contributed by atoms with Crippen molar-refractivity contribution in [1.82, 2.24) is 19.9 Å². The van der Waals surface area contributed by atoms with Gasteiger partial charge in [-0.15, -0.1) is 0 Å². The van der Waals surface area contributed by atoms with E-state index in [-0.39, 0.29) is 5.75 Å². The first kappa shape index (κ1) is 18.9. The van der Waals surface area contributed by atoms with Gasteiger partial charge in [0.1, 0.15) is 24.0 Å². The number of nitrogens with zero attached hydrogens (tertiary/aromatic N) is 3. The summed E-state index contributed by atoms with van der Waals surface area (Å²) in [6.45, 7) is 4.28. The molecule has 0 radical (unpaired) electrons. The molecule has 28 heavy (non-hydrogen) atoms. The first-order valence-electron chi connectivity index (χ1n) is 8.36. The van der Waals surface area contributed by atoms with E-state index in [9.17, 15) is 9.90 Å². The summed E-state index contributed by atoms with van der Waals surface area (Å²) in [6.07, 6.45) is 4.82. The second-order valence-electron chi connectivity index (χ2n) is 6.06. The third-order valence-corrected chi connectivity index (χ3v) is 3.68. The summed E-state index contributed by atoms with van der Waals surface area (Å²) in [4.78, 5) is 25.5. The van der Waals surface area contributed by atoms with Crippen LogP contribution < -0.4 is 16.1 Å². The Balaban J connectivity index is 0.000000188. The predicted molar refractivity (Wildman–Crippen MR) is 105 cm³/mol. The summed E-state index contributed by atoms with van der Waals surface area (Å²) < 4.78 is 10.4. The predicted octanol–water partition coefficient (Wildman–Crippen LogP) is 2.78. The molecule has 0 bridgehead atoms. The number of ether oxygens (including phenoxy) is 1. The van der Waals surface area contributed by atoms with Gasteiger partial charge in [0, 0.05) is 17.5 Å². The molecule has 3 heterocycles. The molecule has 1 aromatic carbocycles. The number of benzene rings is 1. The highest BCUT2D eigenvalue weighted by atomic mass is 16.5. The van der Waals surface area contributed by atoms with E-state index in [1.807, 2.05) is 19.9 Å². The molecule has 4 rings (SSSR count). The van der Waals surface area contributed by atoms with Crippen LogP contribution in [-0.4, -0.2) is 31.6 Å². The summed E-state index contributed by atoms with van der Waals surface area (Å²) in [7, 11) is 0. The number of aromatic hydroxyl groups is 1. The van der Waals surface area contributed by atoms with E-state index < -0.39 is 5.63 Å². The molecule has 0 amide bonds. The van der Waals surface area contributed by atoms with Gasteiger partial charge in [0.25, 0.3) is 0 Å². The molecule has 0 aliphatic heterocycles. The van der Waals surface area contributed by atoms with Gasteiger partial charge in [-0.1, -0.05) is 5.57 Å². The Morgan fingerprint density at radius 1 is 1.29 bits per heavy atom. The summed E-state index contributed by atoms with van der Waals surface area (Å²) >= 11 is 0. The highest BCUT2D eigenvalue weighted by Crippen LogP contribution is 2.30. The van der Waals surface area contributed by atoms with Crippen LogP contribution in [0.15, 0.2) is 57.8 Å². The Bertz CT molecular complexity index is 1190. The van der Waals surface area contributed by atoms with Gasteiger partial charge in [0.15, 0.2) is 23.0 Å². The van der Waals surface area contributed by atoms with Crippen LogP contribution in [0.5, 0.6) is 11.5 Å². The molecule has 0 saturated carbocycles. The van der Waals surface area contributed by atoms with Crippen molar-refractivity contribution < 1.29 is 14.3 Å². The van der Waals surface area contributed by atoms with Crippen LogP contribution >= 0.6 is 0 Å². The molecular weight excluding hydrogens is 362 g/mol. The topological polar surface area (TPSA) is 140 Å². The van der Waals surface area contributed by atoms with E-state index in [1.165, 1.54) is 30.9 Å². The van der Waals surface area contributed by atoms with Gasteiger partial charge in [-0.2, -0.15) is 0 Å². The number of aromatic nitrogens is 4. The van der Waals surface area contributed by atoms with Crippen LogP contribution in [-0.2, 0) is 0 Å². The molecule has 9 heteroatoms. The second kappa shape index (κ2) is 8.21. The first-order valence-corrected chi connectivity index (χ1v) is 8.36. The minimum atomic E-state index is -0.427. The SMILES string of the molecule is CC(C)=CCOc1cc2oc(=O)ccc2cc1O.Nc1ncnc2nc[nH]c12. The number of anilines is 1. The Morgan fingerprint density at radius 3 is 2.86 bits per heavy atom. The van der Waals surface area contributed by atoms with Crippen LogP contribution in [0.3, 0.4) is 0 Å². The van der Waals surface area contributed by atoms with E-state index >= 15 is 0 Å². The lowest BCUT2D eigenvalue weighted by Gasteiger charge is -2.07. The molecule has 0 spiro atoms. The van der Waals surface area contributed by atoms with Gasteiger partial charge in [0.05, 0.1) is 6.33 Å². The van der Waals surface area contributed by atoms with Gasteiger partial charge in [-0.05, 0) is 32.1 Å². The van der Waals surface area contributed by atoms with Crippen LogP contribution in [0.4, 0.5) is 5.82 Å². The maximum absolute atomic E-state index is 11.1. The van der Waals surface area contributed by atoms with Crippen LogP contribution in [0.2, 0.25) is 0 Å². The fourth-order valence-corrected chi connectivity index (χ4v) is 2.28. The number of hydrogen-bond acceptors (Lipinski definition) is 8. The molecule has 3 aromatic heterocycles. The Kier molecular flexibility index (Phi) is 5.54. The molecule has 0 unspecified atom stereocenters. The number of phenolic OH excluding ortho intramolecular Hbond substituents is 1. The van der Waals surface area contributed by atoms with Crippen molar-refractivity contribution in [2.75, 3.05) is 12.3 Å². The maximum atomic E-state index is 11.1. The summed E-state index contributed by atoms with van der Waals surface area (Å²) in [5.74, 6) is 0.760. The van der Waals surface area contributed by atoms with Crippen molar-refractivity contribution in [3.05, 3.63) is 59.0 Å². The maximum Gasteiger partial charge on any atom is 0.336 e. The fraction of sp³-hybridized carbons (Fsp3) is 0.158. The van der Waals surface area contributed by atoms with E-state index in [0.717, 1.165) is 5.57 Å². The van der Waals surface area contributed by atoms with Crippen molar-refractivity contribution in [3.63, 3.8) is 0 Å². The van der Waals surface area contributed by atoms with Crippen molar-refractivity contribution >= 4 is 28.0 Å². The highest BCUT2D eigenvalue weighted by molar-refractivity contribution is 5.81. The molecule has 4 aromatic rings. The third-order valence-electron chi connectivity index (χ3n) is 3.68. The molecule has 144 valence electrons. The number of hydrogen-bond donors (Lipinski definition) is 3. The zero-order chi connectivity index (χ0) is 20.1. The lowest BCUT2D eigenvalue weighted by Crippen LogP contribution is -1.97. The Morgan fingerprint density at radius 2 is 2.11 bits per heavy atom. The standard InChI is InChI=1S/C14H14O4.C5H5N5/c1-9(2)5-6-17-13-8-12-10(7-11(13)15)3-4-14(16)18-12;6-4-3-5(9-1-7-3)10-2-8-4/h3-5,7-8,15H,6H2,1-2H3;1-2H,(H3,6,7,8,9,10). The van der Waals surface area contributed by atoms with E-state index in [4.69, 9.17) is 14.9 Å². The molecule has 0 fully saturated rings. The molecule has 0 aliphatic rings. The van der Waals surface area contributed by atoms with Crippen LogP contribution in [0, 0.1) is 0 Å². The largest absolute Gasteiger partial charge is 0.504 e. The monoisotopic (exact) mass is 381 g/mol. The number of nitrogens with one attached hydrogen (secondary N) is 1. The molecule has 0 atom stereocenters. The minimum absolute atomic E-state index is 0.0264. The summed E-state index contributed by atoms with van der Waals surface area (Å²) in [6, 6.07) is 5.94. The van der Waals surface area contributed by atoms with E-state index in [1.54, 1.807) is 6.07 Å². The molecule has 9 nitrogen and oxygen atoms in total. The average Bonchev–Trinajstić information content (AvgIpc) is 3.13. The van der Waals surface area contributed by atoms with Crippen molar-refractivity contribution in [2.24, 2.45) is 0 Å². The number of nitrogens with two attached hydrogens (primary N) is 1. The lowest BCUT2D eigenvalue weighted by molar-refractivity contribution is 0.335. The third kappa shape index (κ3) is 4.44. The number of aromatic amines is 1. The quantitative estimate of drug-likeness (QED) is 0.363. The number of imidazole rings is 1. The molecular formula is C19H19N5O4. The molecule has 0 saturated heterocycles. The van der Waals surface area contributed by atoms with Gasteiger partial charge in [-0.3, -0.25) is 0 Å². The number of H-pyrrole nitrogens is 1. The number of rotatable bonds is 3. The summed E-state index contributed by atoms with van der Waals surface area (Å²) in [5.41, 5.74) is 7.87. The second-order valence-corrected chi connectivity index (χ2v) is 6.06. The Hall–Kier alpha value is -3.88. The molecule has 0 aliphatic carbocycles. The van der Waals surface area contributed by atoms with E-state index in [2.05, 4.69) is 19.9 Å². The van der Waals surface area contributed by atoms with Crippen LogP contribution in [0.1, 0.15) is 13.8 Å². The fourth-order valence-electron chi connectivity index (χ4n) is 2.28. The van der Waals surface area contributed by atoms with Gasteiger partial charge in [-0.25, -0.2) is 19.7 Å². The van der Waals surface area contributed by atoms with Crippen molar-refractivity contribution in [1.29, 1.82) is 0 Å². The zero-order valence-corrected chi connectivity index (χ0v) is 15.3. The highest BCUT2D eigenvalue weighted by Gasteiger charge is 2.06. The van der Waals surface area contributed by atoms with Crippen molar-refractivity contribution in [2.45, 2.75) is 13.8 Å². The number of allylic oxidation sites excluding steroid dienone is 1. The lowest BCUT2D eigenvalue weighted by atomic mass is 10.2. The smallest absolute Gasteiger partial charge is 0.336 e. The van der Waals surface area contributed by atoms with Gasteiger partial charge in [0.2, 0.25) is 0 Å². The number of fused-ring (bicyclic) bond motifs is 2. The average molecular weight is 381 g/mol. The van der Waals surface area contributed by atoms with Crippen LogP contribution in [0.25, 0.3) is 22.1 Å². The minimum Gasteiger partial charge on any atom is -0.504 e. The number of phenols is 1. The van der Waals surface area contributed by atoms with Gasteiger partial charge < -0.3 is 25.0 Å². The van der Waals surface area contributed by atoms with E-state index in [0.29, 0.717) is 40.3 Å².